The molecule has 0 aliphatic rings. The second kappa shape index (κ2) is 7.03. The summed E-state index contributed by atoms with van der Waals surface area (Å²) < 4.78 is 0. The van der Waals surface area contributed by atoms with Crippen molar-refractivity contribution in [2.75, 3.05) is 5.43 Å². The van der Waals surface area contributed by atoms with Gasteiger partial charge in [-0.05, 0) is 19.1 Å². The largest absolute Gasteiger partial charge is 0.505 e. The van der Waals surface area contributed by atoms with E-state index in [1.807, 2.05) is 0 Å². The molecule has 9 heteroatoms. The Kier molecular flexibility index (Phi) is 5.09. The number of carboxylic acid groups (broad SMARTS) is 1. The average Bonchev–Trinajstić information content (AvgIpc) is 2.53. The van der Waals surface area contributed by atoms with Gasteiger partial charge in [0.15, 0.2) is 5.69 Å². The molecule has 0 aliphatic heterocycles. The van der Waals surface area contributed by atoms with Crippen molar-refractivity contribution in [1.82, 2.24) is 9.97 Å². The maximum absolute atomic E-state index is 11.0. The SMILES string of the molecule is Cc1ncc(CO)c(C=NNc2ccc(Cl)c(C(=O)O)n2)c1O. The third-order valence-corrected chi connectivity index (χ3v) is 3.25. The lowest BCUT2D eigenvalue weighted by atomic mass is 10.1. The van der Waals surface area contributed by atoms with E-state index in [0.717, 1.165) is 0 Å². The molecular weight excluding hydrogens is 324 g/mol. The number of halogens is 1. The Bertz CT molecular complexity index is 780. The number of aromatic hydroxyl groups is 1. The van der Waals surface area contributed by atoms with E-state index in [2.05, 4.69) is 20.5 Å². The maximum atomic E-state index is 11.0. The fourth-order valence-electron chi connectivity index (χ4n) is 1.74. The molecule has 0 amide bonds. The molecule has 0 spiro atoms. The molecule has 0 aromatic carbocycles. The third-order valence-electron chi connectivity index (χ3n) is 2.95. The Balaban J connectivity index is 2.25. The fraction of sp³-hybridized carbons (Fsp3) is 0.143. The standard InChI is InChI=1S/C14H13ClN4O4/c1-7-13(21)9(8(6-20)4-16-7)5-17-19-11-3-2-10(15)12(18-11)14(22)23/h2-5,20-21H,6H2,1H3,(H,18,19)(H,22,23). The summed E-state index contributed by atoms with van der Waals surface area (Å²) in [5, 5.41) is 32.0. The minimum absolute atomic E-state index is 0.0111. The highest BCUT2D eigenvalue weighted by atomic mass is 35.5. The molecule has 0 aliphatic carbocycles. The Morgan fingerprint density at radius 1 is 1.48 bits per heavy atom. The molecule has 0 saturated carbocycles. The van der Waals surface area contributed by atoms with Crippen molar-refractivity contribution in [3.8, 4) is 5.75 Å². The van der Waals surface area contributed by atoms with Crippen LogP contribution in [0.15, 0.2) is 23.4 Å². The number of carbonyl (C=O) groups is 1. The number of hydrogen-bond donors (Lipinski definition) is 4. The van der Waals surface area contributed by atoms with E-state index >= 15 is 0 Å². The van der Waals surface area contributed by atoms with Crippen LogP contribution in [0.3, 0.4) is 0 Å². The number of aromatic nitrogens is 2. The van der Waals surface area contributed by atoms with Crippen LogP contribution in [0, 0.1) is 6.92 Å². The van der Waals surface area contributed by atoms with Crippen molar-refractivity contribution in [2.24, 2.45) is 5.10 Å². The van der Waals surface area contributed by atoms with Crippen LogP contribution in [0.2, 0.25) is 5.02 Å². The van der Waals surface area contributed by atoms with Gasteiger partial charge in [-0.25, -0.2) is 9.78 Å². The molecule has 2 aromatic rings. The number of aliphatic hydroxyl groups is 1. The van der Waals surface area contributed by atoms with Crippen LogP contribution < -0.4 is 5.43 Å². The second-order valence-electron chi connectivity index (χ2n) is 4.49. The van der Waals surface area contributed by atoms with Gasteiger partial charge in [0.1, 0.15) is 11.6 Å². The molecule has 2 aromatic heterocycles. The van der Waals surface area contributed by atoms with Crippen molar-refractivity contribution < 1.29 is 20.1 Å². The van der Waals surface area contributed by atoms with E-state index in [9.17, 15) is 15.0 Å². The molecule has 0 radical (unpaired) electrons. The maximum Gasteiger partial charge on any atom is 0.356 e. The Morgan fingerprint density at radius 3 is 2.87 bits per heavy atom. The lowest BCUT2D eigenvalue weighted by Gasteiger charge is -2.07. The number of nitrogens with zero attached hydrogens (tertiary/aromatic N) is 3. The lowest BCUT2D eigenvalue weighted by molar-refractivity contribution is 0.0691. The van der Waals surface area contributed by atoms with Crippen LogP contribution in [-0.2, 0) is 6.61 Å². The normalized spacial score (nSPS) is 10.9. The van der Waals surface area contributed by atoms with Crippen molar-refractivity contribution in [1.29, 1.82) is 0 Å². The van der Waals surface area contributed by atoms with Gasteiger partial charge in [0.2, 0.25) is 0 Å². The van der Waals surface area contributed by atoms with Crippen LogP contribution in [-0.4, -0.2) is 37.5 Å². The molecule has 0 atom stereocenters. The number of carboxylic acids is 1. The van der Waals surface area contributed by atoms with Crippen LogP contribution >= 0.6 is 11.6 Å². The Hall–Kier alpha value is -2.71. The van der Waals surface area contributed by atoms with Gasteiger partial charge < -0.3 is 15.3 Å². The first-order chi connectivity index (χ1) is 10.9. The highest BCUT2D eigenvalue weighted by Crippen LogP contribution is 2.22. The van der Waals surface area contributed by atoms with E-state index in [1.165, 1.54) is 24.5 Å². The summed E-state index contributed by atoms with van der Waals surface area (Å²) in [6, 6.07) is 2.83. The zero-order chi connectivity index (χ0) is 17.0. The zero-order valence-corrected chi connectivity index (χ0v) is 12.7. The molecule has 2 rings (SSSR count). The minimum atomic E-state index is -1.26. The number of rotatable bonds is 5. The van der Waals surface area contributed by atoms with Gasteiger partial charge in [-0.15, -0.1) is 0 Å². The molecule has 0 saturated heterocycles. The molecular formula is C14H13ClN4O4. The number of nitrogens with one attached hydrogen (secondary N) is 1. The summed E-state index contributed by atoms with van der Waals surface area (Å²) in [6.45, 7) is 1.30. The zero-order valence-electron chi connectivity index (χ0n) is 12.0. The molecule has 2 heterocycles. The van der Waals surface area contributed by atoms with E-state index in [0.29, 0.717) is 16.8 Å². The molecule has 0 bridgehead atoms. The predicted molar refractivity (Wildman–Crippen MR) is 84.0 cm³/mol. The number of aromatic carboxylic acids is 1. The van der Waals surface area contributed by atoms with Crippen molar-refractivity contribution in [3.05, 3.63) is 45.9 Å². The summed E-state index contributed by atoms with van der Waals surface area (Å²) in [4.78, 5) is 18.7. The Labute approximate surface area is 136 Å². The average molecular weight is 337 g/mol. The third kappa shape index (κ3) is 3.74. The number of pyridine rings is 2. The monoisotopic (exact) mass is 336 g/mol. The highest BCUT2D eigenvalue weighted by molar-refractivity contribution is 6.33. The van der Waals surface area contributed by atoms with Gasteiger partial charge in [0.05, 0.1) is 23.5 Å². The first-order valence-electron chi connectivity index (χ1n) is 6.41. The highest BCUT2D eigenvalue weighted by Gasteiger charge is 2.12. The summed E-state index contributed by atoms with van der Waals surface area (Å²) in [6.07, 6.45) is 2.71. The van der Waals surface area contributed by atoms with E-state index in [-0.39, 0.29) is 28.9 Å². The van der Waals surface area contributed by atoms with Gasteiger partial charge in [0.25, 0.3) is 0 Å². The molecule has 23 heavy (non-hydrogen) atoms. The number of aliphatic hydroxyl groups excluding tert-OH is 1. The molecule has 0 fully saturated rings. The number of aryl methyl sites for hydroxylation is 1. The quantitative estimate of drug-likeness (QED) is 0.484. The van der Waals surface area contributed by atoms with Gasteiger partial charge in [-0.3, -0.25) is 10.4 Å². The summed E-state index contributed by atoms with van der Waals surface area (Å²) in [5.74, 6) is -1.19. The fourth-order valence-corrected chi connectivity index (χ4v) is 1.93. The van der Waals surface area contributed by atoms with Crippen LogP contribution in [0.5, 0.6) is 5.75 Å². The number of hydrazone groups is 1. The molecule has 4 N–H and O–H groups in total. The smallest absolute Gasteiger partial charge is 0.356 e. The lowest BCUT2D eigenvalue weighted by Crippen LogP contribution is -2.04. The Morgan fingerprint density at radius 2 is 2.22 bits per heavy atom. The van der Waals surface area contributed by atoms with Crippen molar-refractivity contribution in [3.63, 3.8) is 0 Å². The summed E-state index contributed by atoms with van der Waals surface area (Å²) in [5.41, 5.74) is 3.33. The predicted octanol–water partition coefficient (Wildman–Crippen LogP) is 1.78. The first-order valence-corrected chi connectivity index (χ1v) is 6.79. The van der Waals surface area contributed by atoms with Gasteiger partial charge in [-0.1, -0.05) is 11.6 Å². The topological polar surface area (TPSA) is 128 Å². The van der Waals surface area contributed by atoms with Crippen LogP contribution in [0.1, 0.15) is 27.3 Å². The van der Waals surface area contributed by atoms with Gasteiger partial charge >= 0.3 is 5.97 Å². The molecule has 8 nitrogen and oxygen atoms in total. The van der Waals surface area contributed by atoms with Crippen molar-refractivity contribution in [2.45, 2.75) is 13.5 Å². The summed E-state index contributed by atoms with van der Waals surface area (Å²) in [7, 11) is 0. The second-order valence-corrected chi connectivity index (χ2v) is 4.90. The van der Waals surface area contributed by atoms with E-state index < -0.39 is 5.97 Å². The van der Waals surface area contributed by atoms with Gasteiger partial charge in [0, 0.05) is 17.3 Å². The van der Waals surface area contributed by atoms with Crippen LogP contribution in [0.4, 0.5) is 5.82 Å². The van der Waals surface area contributed by atoms with Crippen LogP contribution in [0.25, 0.3) is 0 Å². The van der Waals surface area contributed by atoms with E-state index in [1.54, 1.807) is 6.92 Å². The molecule has 120 valence electrons. The molecule has 0 unspecified atom stereocenters. The summed E-state index contributed by atoms with van der Waals surface area (Å²) >= 11 is 5.72. The number of hydrogen-bond acceptors (Lipinski definition) is 7. The van der Waals surface area contributed by atoms with Crippen molar-refractivity contribution >= 4 is 29.6 Å². The van der Waals surface area contributed by atoms with E-state index in [4.69, 9.17) is 16.7 Å². The first kappa shape index (κ1) is 16.7. The minimum Gasteiger partial charge on any atom is -0.505 e. The number of anilines is 1. The van der Waals surface area contributed by atoms with Gasteiger partial charge in [-0.2, -0.15) is 5.10 Å².